The van der Waals surface area contributed by atoms with Crippen molar-refractivity contribution in [1.82, 2.24) is 4.90 Å². The highest BCUT2D eigenvalue weighted by Gasteiger charge is 2.18. The molecule has 0 N–H and O–H groups in total. The predicted octanol–water partition coefficient (Wildman–Crippen LogP) is 2.74. The van der Waals surface area contributed by atoms with Crippen molar-refractivity contribution in [2.75, 3.05) is 7.05 Å². The molecule has 2 atom stereocenters. The van der Waals surface area contributed by atoms with Crippen molar-refractivity contribution in [3.63, 3.8) is 0 Å². The highest BCUT2D eigenvalue weighted by molar-refractivity contribution is 5.66. The first-order valence-corrected chi connectivity index (χ1v) is 6.86. The summed E-state index contributed by atoms with van der Waals surface area (Å²) >= 11 is 0. The lowest BCUT2D eigenvalue weighted by Crippen LogP contribution is -2.31. The van der Waals surface area contributed by atoms with Gasteiger partial charge in [0.15, 0.2) is 6.19 Å². The normalized spacial score (nSPS) is 13.1. The van der Waals surface area contributed by atoms with Gasteiger partial charge in [0.05, 0.1) is 0 Å². The van der Waals surface area contributed by atoms with Crippen molar-refractivity contribution < 1.29 is 9.53 Å². The zero-order valence-corrected chi connectivity index (χ0v) is 12.4. The van der Waals surface area contributed by atoms with Crippen molar-refractivity contribution >= 4 is 5.97 Å². The molecule has 0 fully saturated rings. The molecule has 0 radical (unpaired) electrons. The van der Waals surface area contributed by atoms with Gasteiger partial charge in [-0.1, -0.05) is 30.3 Å². The lowest BCUT2D eigenvalue weighted by Gasteiger charge is -2.24. The van der Waals surface area contributed by atoms with Crippen LogP contribution in [0.25, 0.3) is 0 Å². The Balaban J connectivity index is 2.56. The Kier molecular flexibility index (Phi) is 6.58. The van der Waals surface area contributed by atoms with E-state index < -0.39 is 0 Å². The maximum atomic E-state index is 11.2. The van der Waals surface area contributed by atoms with E-state index >= 15 is 0 Å². The van der Waals surface area contributed by atoms with Crippen LogP contribution in [0.2, 0.25) is 0 Å². The number of benzene rings is 1. The molecule has 108 valence electrons. The van der Waals surface area contributed by atoms with Gasteiger partial charge in [-0.3, -0.25) is 4.79 Å². The number of hydrogen-bond donors (Lipinski definition) is 0. The van der Waals surface area contributed by atoms with Crippen LogP contribution >= 0.6 is 0 Å². The molecule has 1 rings (SSSR count). The maximum absolute atomic E-state index is 11.2. The van der Waals surface area contributed by atoms with Crippen LogP contribution in [0.5, 0.6) is 0 Å². The van der Waals surface area contributed by atoms with Crippen LogP contribution in [0.1, 0.15) is 32.3 Å². The summed E-state index contributed by atoms with van der Waals surface area (Å²) in [7, 11) is 1.74. The Morgan fingerprint density at radius 2 is 2.05 bits per heavy atom. The van der Waals surface area contributed by atoms with Crippen molar-refractivity contribution in [1.29, 1.82) is 5.26 Å². The minimum Gasteiger partial charge on any atom is -0.462 e. The summed E-state index contributed by atoms with van der Waals surface area (Å²) in [6.45, 7) is 3.39. The third kappa shape index (κ3) is 5.75. The van der Waals surface area contributed by atoms with Crippen molar-refractivity contribution in [2.24, 2.45) is 0 Å². The van der Waals surface area contributed by atoms with E-state index in [4.69, 9.17) is 10.00 Å². The molecule has 0 heterocycles. The summed E-state index contributed by atoms with van der Waals surface area (Å²) in [5.41, 5.74) is 1.23. The summed E-state index contributed by atoms with van der Waals surface area (Å²) in [6, 6.07) is 10.2. The van der Waals surface area contributed by atoms with Gasteiger partial charge in [0.1, 0.15) is 6.10 Å². The first-order valence-electron chi connectivity index (χ1n) is 6.86. The second-order valence-corrected chi connectivity index (χ2v) is 5.05. The van der Waals surface area contributed by atoms with Gasteiger partial charge in [-0.2, -0.15) is 5.26 Å². The quantitative estimate of drug-likeness (QED) is 0.436. The Bertz CT molecular complexity index is 453. The summed E-state index contributed by atoms with van der Waals surface area (Å²) in [5.74, 6) is -0.269. The molecule has 0 aromatic heterocycles. The summed E-state index contributed by atoms with van der Waals surface area (Å²) in [5, 5.41) is 8.88. The zero-order chi connectivity index (χ0) is 15.0. The van der Waals surface area contributed by atoms with Gasteiger partial charge in [0.25, 0.3) is 0 Å². The van der Waals surface area contributed by atoms with E-state index in [0.717, 1.165) is 12.8 Å². The molecule has 20 heavy (non-hydrogen) atoms. The molecule has 1 aromatic carbocycles. The fraction of sp³-hybridized carbons (Fsp3) is 0.500. The summed E-state index contributed by atoms with van der Waals surface area (Å²) in [4.78, 5) is 12.8. The number of nitrogens with zero attached hydrogens (tertiary/aromatic N) is 2. The van der Waals surface area contributed by atoms with Crippen molar-refractivity contribution in [3.8, 4) is 6.19 Å². The van der Waals surface area contributed by atoms with Crippen LogP contribution in [0, 0.1) is 11.5 Å². The SMILES string of the molecule is CC(=O)O[C@@H](CCc1ccccc1)C[C@H](C)N(C)C#N. The molecule has 1 aromatic rings. The second kappa shape index (κ2) is 8.21. The summed E-state index contributed by atoms with van der Waals surface area (Å²) < 4.78 is 5.36. The third-order valence-electron chi connectivity index (χ3n) is 3.35. The van der Waals surface area contributed by atoms with Crippen LogP contribution in [0.4, 0.5) is 0 Å². The second-order valence-electron chi connectivity index (χ2n) is 5.05. The maximum Gasteiger partial charge on any atom is 0.302 e. The van der Waals surface area contributed by atoms with Crippen LogP contribution in [0.15, 0.2) is 30.3 Å². The van der Waals surface area contributed by atoms with Gasteiger partial charge in [-0.15, -0.1) is 0 Å². The molecule has 0 aliphatic rings. The van der Waals surface area contributed by atoms with E-state index in [9.17, 15) is 4.79 Å². The molecule has 0 unspecified atom stereocenters. The molecular formula is C16H22N2O2. The molecule has 0 amide bonds. The molecule has 4 nitrogen and oxygen atoms in total. The topological polar surface area (TPSA) is 53.3 Å². The Labute approximate surface area is 121 Å². The van der Waals surface area contributed by atoms with Crippen molar-refractivity contribution in [3.05, 3.63) is 35.9 Å². The largest absolute Gasteiger partial charge is 0.462 e. The fourth-order valence-corrected chi connectivity index (χ4v) is 2.07. The molecule has 4 heteroatoms. The lowest BCUT2D eigenvalue weighted by molar-refractivity contribution is -0.147. The van der Waals surface area contributed by atoms with E-state index in [-0.39, 0.29) is 18.1 Å². The summed E-state index contributed by atoms with van der Waals surface area (Å²) in [6.07, 6.45) is 4.23. The first-order chi connectivity index (χ1) is 9.52. The van der Waals surface area contributed by atoms with E-state index in [1.54, 1.807) is 11.9 Å². The first kappa shape index (κ1) is 16.0. The van der Waals surface area contributed by atoms with Gasteiger partial charge in [-0.05, 0) is 25.3 Å². The number of nitriles is 1. The Morgan fingerprint density at radius 3 is 2.60 bits per heavy atom. The van der Waals surface area contributed by atoms with Crippen LogP contribution in [-0.2, 0) is 16.0 Å². The standard InChI is InChI=1S/C16H22N2O2/c1-13(18(3)12-17)11-16(20-14(2)19)10-9-15-7-5-4-6-8-15/h4-8,13,16H,9-11H2,1-3H3/t13-,16-/m0/s1. The number of ether oxygens (including phenoxy) is 1. The number of carbonyl (C=O) groups excluding carboxylic acids is 1. The lowest BCUT2D eigenvalue weighted by atomic mass is 10.0. The minimum atomic E-state index is -0.269. The fourth-order valence-electron chi connectivity index (χ4n) is 2.07. The van der Waals surface area contributed by atoms with E-state index in [1.807, 2.05) is 25.1 Å². The van der Waals surface area contributed by atoms with Gasteiger partial charge in [-0.25, -0.2) is 0 Å². The number of aryl methyl sites for hydroxylation is 1. The number of hydrogen-bond acceptors (Lipinski definition) is 4. The van der Waals surface area contributed by atoms with Crippen LogP contribution in [-0.4, -0.2) is 30.1 Å². The van der Waals surface area contributed by atoms with Gasteiger partial charge < -0.3 is 9.64 Å². The molecule has 0 saturated carbocycles. The highest BCUT2D eigenvalue weighted by Crippen LogP contribution is 2.14. The monoisotopic (exact) mass is 274 g/mol. The van der Waals surface area contributed by atoms with E-state index in [0.29, 0.717) is 6.42 Å². The highest BCUT2D eigenvalue weighted by atomic mass is 16.5. The minimum absolute atomic E-state index is 0.0557. The molecule has 0 spiro atoms. The Morgan fingerprint density at radius 1 is 1.40 bits per heavy atom. The van der Waals surface area contributed by atoms with Gasteiger partial charge in [0, 0.05) is 26.4 Å². The average Bonchev–Trinajstić information content (AvgIpc) is 2.44. The Hall–Kier alpha value is -2.02. The zero-order valence-electron chi connectivity index (χ0n) is 12.4. The van der Waals surface area contributed by atoms with Gasteiger partial charge >= 0.3 is 5.97 Å². The third-order valence-corrected chi connectivity index (χ3v) is 3.35. The number of carbonyl (C=O) groups is 1. The molecule has 0 aliphatic heterocycles. The molecular weight excluding hydrogens is 252 g/mol. The smallest absolute Gasteiger partial charge is 0.302 e. The van der Waals surface area contributed by atoms with E-state index in [2.05, 4.69) is 18.3 Å². The number of esters is 1. The van der Waals surface area contributed by atoms with Gasteiger partial charge in [0.2, 0.25) is 0 Å². The van der Waals surface area contributed by atoms with Crippen LogP contribution < -0.4 is 0 Å². The van der Waals surface area contributed by atoms with Crippen LogP contribution in [0.3, 0.4) is 0 Å². The average molecular weight is 274 g/mol. The molecule has 0 aliphatic carbocycles. The van der Waals surface area contributed by atoms with Crippen molar-refractivity contribution in [2.45, 2.75) is 45.3 Å². The predicted molar refractivity (Wildman–Crippen MR) is 77.8 cm³/mol. The molecule has 0 bridgehead atoms. The van der Waals surface area contributed by atoms with E-state index in [1.165, 1.54) is 12.5 Å². The number of rotatable bonds is 7. The molecule has 0 saturated heterocycles.